The van der Waals surface area contributed by atoms with Crippen LogP contribution >= 0.6 is 0 Å². The summed E-state index contributed by atoms with van der Waals surface area (Å²) in [4.78, 5) is 22.4. The van der Waals surface area contributed by atoms with E-state index in [1.807, 2.05) is 6.08 Å². The number of aliphatic carboxylic acids is 1. The van der Waals surface area contributed by atoms with Crippen LogP contribution in [0.5, 0.6) is 0 Å². The molecule has 0 heterocycles. The van der Waals surface area contributed by atoms with E-state index in [9.17, 15) is 9.59 Å². The number of esters is 1. The van der Waals surface area contributed by atoms with E-state index in [1.54, 1.807) is 6.08 Å². The first-order valence-electron chi connectivity index (χ1n) is 7.20. The fraction of sp³-hybridized carbons (Fsp3) is 0.733. The molecule has 0 saturated heterocycles. The number of hydrogen-bond acceptors (Lipinski definition) is 4. The van der Waals surface area contributed by atoms with Gasteiger partial charge in [0.1, 0.15) is 6.61 Å². The number of carbonyl (C=O) groups excluding carboxylic acids is 1. The van der Waals surface area contributed by atoms with Crippen molar-refractivity contribution in [1.82, 2.24) is 0 Å². The molecule has 0 aliphatic carbocycles. The number of aliphatic hydroxyl groups excluding tert-OH is 1. The molecule has 2 N–H and O–H groups in total. The molecule has 0 radical (unpaired) electrons. The molecule has 0 spiro atoms. The van der Waals surface area contributed by atoms with Gasteiger partial charge < -0.3 is 14.9 Å². The average molecular weight is 286 g/mol. The number of carboxylic acids is 1. The van der Waals surface area contributed by atoms with Crippen LogP contribution in [0.25, 0.3) is 0 Å². The highest BCUT2D eigenvalue weighted by Crippen LogP contribution is 2.11. The summed E-state index contributed by atoms with van der Waals surface area (Å²) >= 11 is 0. The van der Waals surface area contributed by atoms with Crippen molar-refractivity contribution in [3.05, 3.63) is 12.2 Å². The van der Waals surface area contributed by atoms with Gasteiger partial charge in [0.25, 0.3) is 0 Å². The Morgan fingerprint density at radius 1 is 1.25 bits per heavy atom. The van der Waals surface area contributed by atoms with Gasteiger partial charge in [0.2, 0.25) is 0 Å². The highest BCUT2D eigenvalue weighted by atomic mass is 16.5. The summed E-state index contributed by atoms with van der Waals surface area (Å²) in [5.41, 5.74) is 0. The van der Waals surface area contributed by atoms with Gasteiger partial charge >= 0.3 is 11.9 Å². The minimum Gasteiger partial charge on any atom is -0.481 e. The van der Waals surface area contributed by atoms with Crippen molar-refractivity contribution in [1.29, 1.82) is 0 Å². The SMILES string of the molecule is CCCCCC/C=C/C(CC(=O)O)C(=O)OCC(C)O. The lowest BCUT2D eigenvalue weighted by Gasteiger charge is -2.11. The second-order valence-corrected chi connectivity index (χ2v) is 4.96. The Balaban J connectivity index is 4.22. The van der Waals surface area contributed by atoms with Crippen LogP contribution in [0.4, 0.5) is 0 Å². The zero-order valence-corrected chi connectivity index (χ0v) is 12.4. The quantitative estimate of drug-likeness (QED) is 0.346. The largest absolute Gasteiger partial charge is 0.481 e. The third-order valence-corrected chi connectivity index (χ3v) is 2.76. The van der Waals surface area contributed by atoms with Crippen molar-refractivity contribution in [3.63, 3.8) is 0 Å². The van der Waals surface area contributed by atoms with Gasteiger partial charge in [-0.2, -0.15) is 0 Å². The van der Waals surface area contributed by atoms with E-state index in [1.165, 1.54) is 13.3 Å². The number of allylic oxidation sites excluding steroid dienone is 1. The van der Waals surface area contributed by atoms with Gasteiger partial charge in [-0.1, -0.05) is 38.3 Å². The molecule has 0 bridgehead atoms. The minimum atomic E-state index is -1.04. The van der Waals surface area contributed by atoms with Crippen LogP contribution in [0.1, 0.15) is 52.4 Å². The fourth-order valence-corrected chi connectivity index (χ4v) is 1.68. The highest BCUT2D eigenvalue weighted by molar-refractivity contribution is 5.80. The molecule has 0 rings (SSSR count). The number of hydrogen-bond donors (Lipinski definition) is 2. The Morgan fingerprint density at radius 2 is 1.95 bits per heavy atom. The molecule has 0 aromatic rings. The smallest absolute Gasteiger partial charge is 0.313 e. The fourth-order valence-electron chi connectivity index (χ4n) is 1.68. The predicted molar refractivity (Wildman–Crippen MR) is 76.3 cm³/mol. The zero-order chi connectivity index (χ0) is 15.4. The van der Waals surface area contributed by atoms with E-state index in [2.05, 4.69) is 6.92 Å². The van der Waals surface area contributed by atoms with E-state index >= 15 is 0 Å². The molecule has 5 heteroatoms. The summed E-state index contributed by atoms with van der Waals surface area (Å²) in [6, 6.07) is 0. The van der Waals surface area contributed by atoms with E-state index in [-0.39, 0.29) is 13.0 Å². The van der Waals surface area contributed by atoms with E-state index < -0.39 is 24.0 Å². The normalized spacial score (nSPS) is 14.2. The van der Waals surface area contributed by atoms with Crippen LogP contribution in [0.15, 0.2) is 12.2 Å². The summed E-state index contributed by atoms with van der Waals surface area (Å²) in [7, 11) is 0. The molecule has 0 fully saturated rings. The Kier molecular flexibility index (Phi) is 10.7. The number of carbonyl (C=O) groups is 2. The lowest BCUT2D eigenvalue weighted by Crippen LogP contribution is -2.23. The molecule has 0 aromatic carbocycles. The van der Waals surface area contributed by atoms with Gasteiger partial charge in [-0.25, -0.2) is 0 Å². The van der Waals surface area contributed by atoms with Gasteiger partial charge in [0.05, 0.1) is 18.4 Å². The molecule has 20 heavy (non-hydrogen) atoms. The van der Waals surface area contributed by atoms with Crippen LogP contribution in [-0.2, 0) is 14.3 Å². The number of carboxylic acid groups (broad SMARTS) is 1. The van der Waals surface area contributed by atoms with E-state index in [0.29, 0.717) is 0 Å². The van der Waals surface area contributed by atoms with Gasteiger partial charge in [0, 0.05) is 0 Å². The Morgan fingerprint density at radius 3 is 2.50 bits per heavy atom. The van der Waals surface area contributed by atoms with Gasteiger partial charge in [-0.3, -0.25) is 9.59 Å². The third-order valence-electron chi connectivity index (χ3n) is 2.76. The maximum absolute atomic E-state index is 11.7. The summed E-state index contributed by atoms with van der Waals surface area (Å²) in [5, 5.41) is 17.8. The molecule has 5 nitrogen and oxygen atoms in total. The molecular weight excluding hydrogens is 260 g/mol. The molecule has 0 aromatic heterocycles. The number of rotatable bonds is 11. The summed E-state index contributed by atoms with van der Waals surface area (Å²) in [6.45, 7) is 3.53. The number of ether oxygens (including phenoxy) is 1. The monoisotopic (exact) mass is 286 g/mol. The van der Waals surface area contributed by atoms with Crippen LogP contribution in [0, 0.1) is 5.92 Å². The molecule has 0 amide bonds. The van der Waals surface area contributed by atoms with Crippen LogP contribution in [-0.4, -0.2) is 34.9 Å². The first kappa shape index (κ1) is 18.6. The molecule has 0 aliphatic rings. The Bertz CT molecular complexity index is 309. The van der Waals surface area contributed by atoms with Crippen molar-refractivity contribution in [2.75, 3.05) is 6.61 Å². The number of aliphatic hydroxyl groups is 1. The second-order valence-electron chi connectivity index (χ2n) is 4.96. The van der Waals surface area contributed by atoms with Crippen LogP contribution in [0.3, 0.4) is 0 Å². The van der Waals surface area contributed by atoms with Gasteiger partial charge in [-0.15, -0.1) is 0 Å². The summed E-state index contributed by atoms with van der Waals surface area (Å²) < 4.78 is 4.86. The van der Waals surface area contributed by atoms with Crippen molar-refractivity contribution in [3.8, 4) is 0 Å². The molecule has 0 aliphatic heterocycles. The third kappa shape index (κ3) is 10.6. The molecular formula is C15H26O5. The van der Waals surface area contributed by atoms with Crippen molar-refractivity contribution in [2.45, 2.75) is 58.5 Å². The zero-order valence-electron chi connectivity index (χ0n) is 12.4. The molecule has 2 atom stereocenters. The maximum Gasteiger partial charge on any atom is 0.313 e. The lowest BCUT2D eigenvalue weighted by molar-refractivity contribution is -0.153. The minimum absolute atomic E-state index is 0.112. The first-order valence-corrected chi connectivity index (χ1v) is 7.20. The second kappa shape index (κ2) is 11.5. The Labute approximate surface area is 120 Å². The van der Waals surface area contributed by atoms with Gasteiger partial charge in [0.15, 0.2) is 0 Å². The van der Waals surface area contributed by atoms with Crippen molar-refractivity contribution < 1.29 is 24.5 Å². The van der Waals surface area contributed by atoms with Crippen molar-refractivity contribution >= 4 is 11.9 Å². The molecule has 116 valence electrons. The van der Waals surface area contributed by atoms with Crippen molar-refractivity contribution in [2.24, 2.45) is 5.92 Å². The van der Waals surface area contributed by atoms with Crippen LogP contribution < -0.4 is 0 Å². The molecule has 2 unspecified atom stereocenters. The first-order chi connectivity index (χ1) is 9.47. The standard InChI is InChI=1S/C15H26O5/c1-3-4-5-6-7-8-9-13(10-14(17)18)15(19)20-11-12(2)16/h8-9,12-13,16H,3-7,10-11H2,1-2H3,(H,17,18)/b9-8+. The predicted octanol–water partition coefficient (Wildman–Crippen LogP) is 2.53. The molecule has 0 saturated carbocycles. The lowest BCUT2D eigenvalue weighted by atomic mass is 10.0. The van der Waals surface area contributed by atoms with E-state index in [4.69, 9.17) is 14.9 Å². The highest BCUT2D eigenvalue weighted by Gasteiger charge is 2.20. The van der Waals surface area contributed by atoms with Gasteiger partial charge in [-0.05, 0) is 19.8 Å². The Hall–Kier alpha value is -1.36. The maximum atomic E-state index is 11.7. The summed E-state index contributed by atoms with van der Waals surface area (Å²) in [6.07, 6.45) is 7.76. The van der Waals surface area contributed by atoms with E-state index in [0.717, 1.165) is 25.7 Å². The topological polar surface area (TPSA) is 83.8 Å². The van der Waals surface area contributed by atoms with Crippen LogP contribution in [0.2, 0.25) is 0 Å². The number of unbranched alkanes of at least 4 members (excludes halogenated alkanes) is 4. The summed E-state index contributed by atoms with van der Waals surface area (Å²) in [5.74, 6) is -2.42. The average Bonchev–Trinajstić information content (AvgIpc) is 2.38.